The van der Waals surface area contributed by atoms with Gasteiger partial charge in [-0.25, -0.2) is 9.50 Å². The number of amides is 1. The highest BCUT2D eigenvalue weighted by molar-refractivity contribution is 5.88. The Balaban J connectivity index is 1.56. The second kappa shape index (κ2) is 6.36. The van der Waals surface area contributed by atoms with E-state index in [9.17, 15) is 9.18 Å². The van der Waals surface area contributed by atoms with Gasteiger partial charge in [0.25, 0.3) is 0 Å². The smallest absolute Gasteiger partial charge is 0.249 e. The molecule has 0 atom stereocenters. The molecule has 0 aliphatic heterocycles. The Morgan fingerprint density at radius 3 is 2.92 bits per heavy atom. The first-order chi connectivity index (χ1) is 12.6. The van der Waals surface area contributed by atoms with Crippen LogP contribution in [0.3, 0.4) is 0 Å². The summed E-state index contributed by atoms with van der Waals surface area (Å²) < 4.78 is 16.9. The molecule has 1 N–H and O–H groups in total. The Bertz CT molecular complexity index is 1100. The van der Waals surface area contributed by atoms with Crippen LogP contribution < -0.4 is 5.32 Å². The summed E-state index contributed by atoms with van der Waals surface area (Å²) in [7, 11) is 0. The van der Waals surface area contributed by atoms with E-state index in [1.54, 1.807) is 42.9 Å². The zero-order valence-corrected chi connectivity index (χ0v) is 13.8. The standard InChI is InChI=1S/C17H14FN7O/c1-11-7-20-24(8-11)10-15(26)22-17-21-14-5-4-12(9-25(14)23-17)13-3-2-6-19-16(13)18/h2-9H,10H2,1H3,(H,22,23,26). The number of aryl methyl sites for hydroxylation is 1. The van der Waals surface area contributed by atoms with Gasteiger partial charge in [0.05, 0.1) is 6.20 Å². The van der Waals surface area contributed by atoms with E-state index in [-0.39, 0.29) is 18.4 Å². The number of anilines is 1. The summed E-state index contributed by atoms with van der Waals surface area (Å²) in [5.41, 5.74) is 2.48. The summed E-state index contributed by atoms with van der Waals surface area (Å²) in [5.74, 6) is -0.680. The monoisotopic (exact) mass is 351 g/mol. The maximum absolute atomic E-state index is 13.8. The van der Waals surface area contributed by atoms with E-state index in [2.05, 4.69) is 25.5 Å². The predicted molar refractivity (Wildman–Crippen MR) is 91.8 cm³/mol. The molecule has 4 heterocycles. The fourth-order valence-corrected chi connectivity index (χ4v) is 2.56. The van der Waals surface area contributed by atoms with Crippen molar-refractivity contribution < 1.29 is 9.18 Å². The fourth-order valence-electron chi connectivity index (χ4n) is 2.56. The van der Waals surface area contributed by atoms with Crippen molar-refractivity contribution in [2.45, 2.75) is 13.5 Å². The van der Waals surface area contributed by atoms with Crippen LogP contribution in [0.4, 0.5) is 10.3 Å². The van der Waals surface area contributed by atoms with Crippen LogP contribution in [-0.4, -0.2) is 35.3 Å². The van der Waals surface area contributed by atoms with E-state index in [1.165, 1.54) is 15.4 Å². The van der Waals surface area contributed by atoms with Crippen LogP contribution in [0.2, 0.25) is 0 Å². The number of carbonyl (C=O) groups is 1. The van der Waals surface area contributed by atoms with Gasteiger partial charge in [-0.15, -0.1) is 5.10 Å². The molecule has 0 spiro atoms. The van der Waals surface area contributed by atoms with E-state index in [0.29, 0.717) is 16.8 Å². The van der Waals surface area contributed by atoms with Gasteiger partial charge in [-0.3, -0.25) is 14.8 Å². The minimum absolute atomic E-state index is 0.0650. The number of carbonyl (C=O) groups excluding carboxylic acids is 1. The van der Waals surface area contributed by atoms with E-state index >= 15 is 0 Å². The third-order valence-electron chi connectivity index (χ3n) is 3.72. The van der Waals surface area contributed by atoms with Gasteiger partial charge < -0.3 is 0 Å². The minimum atomic E-state index is -0.560. The zero-order chi connectivity index (χ0) is 18.1. The average Bonchev–Trinajstić information content (AvgIpc) is 3.19. The molecular formula is C17H14FN7O. The summed E-state index contributed by atoms with van der Waals surface area (Å²) in [6, 6.07) is 6.71. The summed E-state index contributed by atoms with van der Waals surface area (Å²) in [6.07, 6.45) is 6.47. The van der Waals surface area contributed by atoms with E-state index in [0.717, 1.165) is 5.56 Å². The van der Waals surface area contributed by atoms with E-state index in [4.69, 9.17) is 0 Å². The minimum Gasteiger partial charge on any atom is -0.292 e. The summed E-state index contributed by atoms with van der Waals surface area (Å²) in [5, 5.41) is 10.9. The number of pyridine rings is 2. The van der Waals surface area contributed by atoms with Crippen LogP contribution in [0.25, 0.3) is 16.8 Å². The molecule has 1 amide bonds. The maximum atomic E-state index is 13.8. The molecule has 0 saturated heterocycles. The van der Waals surface area contributed by atoms with Gasteiger partial charge in [0.1, 0.15) is 6.54 Å². The van der Waals surface area contributed by atoms with Crippen LogP contribution in [0.5, 0.6) is 0 Å². The molecular weight excluding hydrogens is 337 g/mol. The highest BCUT2D eigenvalue weighted by atomic mass is 19.1. The molecule has 9 heteroatoms. The van der Waals surface area contributed by atoms with Gasteiger partial charge in [0, 0.05) is 29.7 Å². The normalized spacial score (nSPS) is 11.0. The summed E-state index contributed by atoms with van der Waals surface area (Å²) in [4.78, 5) is 20.0. The molecule has 0 unspecified atom stereocenters. The lowest BCUT2D eigenvalue weighted by molar-refractivity contribution is -0.116. The maximum Gasteiger partial charge on any atom is 0.249 e. The molecule has 130 valence electrons. The van der Waals surface area contributed by atoms with Crippen molar-refractivity contribution in [2.75, 3.05) is 5.32 Å². The second-order valence-corrected chi connectivity index (χ2v) is 5.76. The Kier molecular flexibility index (Phi) is 3.88. The molecule has 4 rings (SSSR count). The van der Waals surface area contributed by atoms with Gasteiger partial charge in [0.2, 0.25) is 17.8 Å². The van der Waals surface area contributed by atoms with Crippen LogP contribution in [0.15, 0.2) is 49.1 Å². The van der Waals surface area contributed by atoms with Gasteiger partial charge >= 0.3 is 0 Å². The van der Waals surface area contributed by atoms with Crippen LogP contribution >= 0.6 is 0 Å². The predicted octanol–water partition coefficient (Wildman–Crippen LogP) is 2.07. The van der Waals surface area contributed by atoms with Crippen LogP contribution in [0.1, 0.15) is 5.56 Å². The first-order valence-corrected chi connectivity index (χ1v) is 7.85. The van der Waals surface area contributed by atoms with Crippen molar-refractivity contribution in [3.63, 3.8) is 0 Å². The Morgan fingerprint density at radius 1 is 1.27 bits per heavy atom. The van der Waals surface area contributed by atoms with Crippen molar-refractivity contribution in [1.29, 1.82) is 0 Å². The number of aromatic nitrogens is 6. The summed E-state index contributed by atoms with van der Waals surface area (Å²) in [6.45, 7) is 1.96. The van der Waals surface area contributed by atoms with Crippen molar-refractivity contribution in [2.24, 2.45) is 0 Å². The molecule has 0 aliphatic rings. The Labute approximate surface area is 147 Å². The van der Waals surface area contributed by atoms with Gasteiger partial charge in [-0.05, 0) is 36.8 Å². The second-order valence-electron chi connectivity index (χ2n) is 5.76. The number of nitrogens with one attached hydrogen (secondary N) is 1. The molecule has 0 radical (unpaired) electrons. The Morgan fingerprint density at radius 2 is 2.15 bits per heavy atom. The van der Waals surface area contributed by atoms with E-state index < -0.39 is 5.95 Å². The highest BCUT2D eigenvalue weighted by Gasteiger charge is 2.11. The number of halogens is 1. The van der Waals surface area contributed by atoms with E-state index in [1.807, 2.05) is 6.92 Å². The van der Waals surface area contributed by atoms with Gasteiger partial charge in [0.15, 0.2) is 5.65 Å². The quantitative estimate of drug-likeness (QED) is 0.569. The lowest BCUT2D eigenvalue weighted by Gasteiger charge is -2.02. The number of rotatable bonds is 4. The zero-order valence-electron chi connectivity index (χ0n) is 13.8. The van der Waals surface area contributed by atoms with Crippen molar-refractivity contribution in [3.8, 4) is 11.1 Å². The van der Waals surface area contributed by atoms with Crippen LogP contribution in [0, 0.1) is 12.9 Å². The van der Waals surface area contributed by atoms with Gasteiger partial charge in [-0.2, -0.15) is 14.5 Å². The summed E-state index contributed by atoms with van der Waals surface area (Å²) >= 11 is 0. The topological polar surface area (TPSA) is 90.0 Å². The van der Waals surface area contributed by atoms with Crippen LogP contribution in [-0.2, 0) is 11.3 Å². The SMILES string of the molecule is Cc1cnn(CC(=O)Nc2nc3ccc(-c4cccnc4F)cn3n2)c1. The third kappa shape index (κ3) is 3.14. The fraction of sp³-hybridized carbons (Fsp3) is 0.118. The third-order valence-corrected chi connectivity index (χ3v) is 3.72. The molecule has 0 aliphatic carbocycles. The molecule has 4 aromatic heterocycles. The number of nitrogens with zero attached hydrogens (tertiary/aromatic N) is 6. The molecule has 8 nitrogen and oxygen atoms in total. The number of hydrogen-bond donors (Lipinski definition) is 1. The lowest BCUT2D eigenvalue weighted by Crippen LogP contribution is -2.19. The number of hydrogen-bond acceptors (Lipinski definition) is 5. The molecule has 0 aromatic carbocycles. The molecule has 26 heavy (non-hydrogen) atoms. The lowest BCUT2D eigenvalue weighted by atomic mass is 10.1. The first kappa shape index (κ1) is 15.9. The largest absolute Gasteiger partial charge is 0.292 e. The Hall–Kier alpha value is -3.62. The van der Waals surface area contributed by atoms with Gasteiger partial charge in [-0.1, -0.05) is 0 Å². The molecule has 0 fully saturated rings. The molecule has 0 saturated carbocycles. The molecule has 0 bridgehead atoms. The van der Waals surface area contributed by atoms with Crippen molar-refractivity contribution in [3.05, 3.63) is 60.6 Å². The highest BCUT2D eigenvalue weighted by Crippen LogP contribution is 2.21. The average molecular weight is 351 g/mol. The number of fused-ring (bicyclic) bond motifs is 1. The molecule has 4 aromatic rings. The first-order valence-electron chi connectivity index (χ1n) is 7.85. The van der Waals surface area contributed by atoms with Crippen molar-refractivity contribution in [1.82, 2.24) is 29.4 Å². The van der Waals surface area contributed by atoms with Crippen molar-refractivity contribution >= 4 is 17.5 Å².